The van der Waals surface area contributed by atoms with Gasteiger partial charge in [0, 0.05) is 31.7 Å². The average Bonchev–Trinajstić information content (AvgIpc) is 3.62. The molecule has 2 aliphatic rings. The van der Waals surface area contributed by atoms with Crippen molar-refractivity contribution in [1.29, 1.82) is 0 Å². The summed E-state index contributed by atoms with van der Waals surface area (Å²) in [5.41, 5.74) is 2.10. The number of benzene rings is 2. The lowest BCUT2D eigenvalue weighted by molar-refractivity contribution is 0.190. The second-order valence-electron chi connectivity index (χ2n) is 9.77. The van der Waals surface area contributed by atoms with Crippen molar-refractivity contribution in [2.45, 2.75) is 44.2 Å². The number of nitrogens with zero attached hydrogens (tertiary/aromatic N) is 7. The smallest absolute Gasteiger partial charge is 0.186 e. The Morgan fingerprint density at radius 1 is 0.946 bits per heavy atom. The minimum absolute atomic E-state index is 0.139. The molecule has 1 atom stereocenters. The van der Waals surface area contributed by atoms with E-state index in [-0.39, 0.29) is 6.04 Å². The summed E-state index contributed by atoms with van der Waals surface area (Å²) in [6.07, 6.45) is 5.96. The maximum absolute atomic E-state index is 5.85. The van der Waals surface area contributed by atoms with E-state index in [1.807, 2.05) is 18.2 Å². The van der Waals surface area contributed by atoms with Crippen molar-refractivity contribution < 1.29 is 9.47 Å². The second-order valence-corrected chi connectivity index (χ2v) is 10.8. The minimum Gasteiger partial charge on any atom is -0.497 e. The van der Waals surface area contributed by atoms with Crippen molar-refractivity contribution in [3.63, 3.8) is 0 Å². The molecule has 10 heteroatoms. The number of fused-ring (bicyclic) bond motifs is 1. The van der Waals surface area contributed by atoms with Gasteiger partial charge in [-0.25, -0.2) is 9.67 Å². The van der Waals surface area contributed by atoms with Gasteiger partial charge in [-0.3, -0.25) is 4.90 Å². The Kier molecular flexibility index (Phi) is 6.93. The van der Waals surface area contributed by atoms with E-state index in [2.05, 4.69) is 54.3 Å². The van der Waals surface area contributed by atoms with Gasteiger partial charge in [0.15, 0.2) is 11.0 Å². The Hall–Kier alpha value is -3.24. The molecule has 2 fully saturated rings. The lowest BCUT2D eigenvalue weighted by atomic mass is 9.94. The Bertz CT molecular complexity index is 1310. The molecule has 9 nitrogen and oxygen atoms in total. The minimum atomic E-state index is -0.139. The number of rotatable bonds is 7. The molecule has 4 aromatic rings. The lowest BCUT2D eigenvalue weighted by Crippen LogP contribution is -2.48. The molecule has 0 spiro atoms. The highest BCUT2D eigenvalue weighted by Crippen LogP contribution is 2.39. The van der Waals surface area contributed by atoms with Gasteiger partial charge in [-0.15, -0.1) is 5.10 Å². The molecule has 6 rings (SSSR count). The van der Waals surface area contributed by atoms with Crippen LogP contribution in [0, 0.1) is 0 Å². The maximum atomic E-state index is 5.85. The first-order valence-electron chi connectivity index (χ1n) is 13.1. The second kappa shape index (κ2) is 10.6. The first-order chi connectivity index (χ1) is 18.2. The summed E-state index contributed by atoms with van der Waals surface area (Å²) in [5, 5.41) is 14.4. The highest BCUT2D eigenvalue weighted by Gasteiger charge is 2.35. The molecule has 0 unspecified atom stereocenters. The van der Waals surface area contributed by atoms with Crippen molar-refractivity contribution in [2.75, 3.05) is 45.3 Å². The number of ether oxygens (including phenoxy) is 2. The number of tetrazole rings is 1. The van der Waals surface area contributed by atoms with Crippen molar-refractivity contribution in [3.05, 3.63) is 53.9 Å². The fourth-order valence-electron chi connectivity index (χ4n) is 5.69. The number of hydrogen-bond donors (Lipinski definition) is 0. The average molecular weight is 520 g/mol. The summed E-state index contributed by atoms with van der Waals surface area (Å²) in [5.74, 6) is 2.50. The monoisotopic (exact) mass is 519 g/mol. The van der Waals surface area contributed by atoms with Gasteiger partial charge in [0.05, 0.1) is 30.5 Å². The number of aromatic nitrogens is 5. The largest absolute Gasteiger partial charge is 0.497 e. The lowest BCUT2D eigenvalue weighted by Gasteiger charge is -2.39. The van der Waals surface area contributed by atoms with Crippen molar-refractivity contribution in [2.24, 2.45) is 0 Å². The zero-order valence-corrected chi connectivity index (χ0v) is 22.2. The van der Waals surface area contributed by atoms with Crippen molar-refractivity contribution in [1.82, 2.24) is 30.1 Å². The molecule has 1 saturated heterocycles. The third kappa shape index (κ3) is 4.75. The van der Waals surface area contributed by atoms with Gasteiger partial charge in [-0.05, 0) is 53.6 Å². The molecular formula is C27H33N7O2S. The Balaban J connectivity index is 1.33. The highest BCUT2D eigenvalue weighted by molar-refractivity contribution is 7.22. The SMILES string of the molecule is COc1ccc(OC)c([C@@H](c2nnnn2C2CCCCC2)N2CCN(c3nc4ccccc4s3)CC2)c1. The van der Waals surface area contributed by atoms with E-state index in [1.165, 1.54) is 24.0 Å². The molecule has 2 aromatic heterocycles. The molecule has 1 aliphatic heterocycles. The molecule has 37 heavy (non-hydrogen) atoms. The summed E-state index contributed by atoms with van der Waals surface area (Å²) in [7, 11) is 3.42. The van der Waals surface area contributed by atoms with Gasteiger partial charge < -0.3 is 14.4 Å². The quantitative estimate of drug-likeness (QED) is 0.347. The molecule has 0 bridgehead atoms. The molecule has 0 amide bonds. The predicted molar refractivity (Wildman–Crippen MR) is 145 cm³/mol. The van der Waals surface area contributed by atoms with E-state index in [9.17, 15) is 0 Å². The summed E-state index contributed by atoms with van der Waals surface area (Å²) < 4.78 is 14.8. The molecule has 1 saturated carbocycles. The normalized spacial score (nSPS) is 18.3. The number of anilines is 1. The van der Waals surface area contributed by atoms with Gasteiger partial charge in [0.1, 0.15) is 17.5 Å². The van der Waals surface area contributed by atoms with Crippen LogP contribution in [0.2, 0.25) is 0 Å². The number of piperazine rings is 1. The Morgan fingerprint density at radius 3 is 2.51 bits per heavy atom. The molecular weight excluding hydrogens is 486 g/mol. The Labute approximate surface area is 221 Å². The van der Waals surface area contributed by atoms with Crippen LogP contribution in [0.3, 0.4) is 0 Å². The van der Waals surface area contributed by atoms with Crippen LogP contribution in [-0.2, 0) is 0 Å². The van der Waals surface area contributed by atoms with Crippen LogP contribution in [0.4, 0.5) is 5.13 Å². The number of para-hydroxylation sites is 1. The van der Waals surface area contributed by atoms with Crippen LogP contribution in [0.15, 0.2) is 42.5 Å². The van der Waals surface area contributed by atoms with Gasteiger partial charge in [-0.1, -0.05) is 42.7 Å². The van der Waals surface area contributed by atoms with Gasteiger partial charge in [0.25, 0.3) is 0 Å². The fraction of sp³-hybridized carbons (Fsp3) is 0.481. The van der Waals surface area contributed by atoms with E-state index in [1.54, 1.807) is 25.6 Å². The van der Waals surface area contributed by atoms with E-state index in [0.717, 1.165) is 72.6 Å². The van der Waals surface area contributed by atoms with Crippen LogP contribution in [0.25, 0.3) is 10.2 Å². The molecule has 0 N–H and O–H groups in total. The van der Waals surface area contributed by atoms with Crippen molar-refractivity contribution >= 4 is 26.7 Å². The Morgan fingerprint density at radius 2 is 1.76 bits per heavy atom. The summed E-state index contributed by atoms with van der Waals surface area (Å²) in [6.45, 7) is 3.48. The zero-order chi connectivity index (χ0) is 25.2. The van der Waals surface area contributed by atoms with E-state index >= 15 is 0 Å². The molecule has 2 aromatic carbocycles. The first kappa shape index (κ1) is 24.1. The van der Waals surface area contributed by atoms with Gasteiger partial charge in [0.2, 0.25) is 0 Å². The van der Waals surface area contributed by atoms with Gasteiger partial charge >= 0.3 is 0 Å². The fourth-order valence-corrected chi connectivity index (χ4v) is 6.70. The van der Waals surface area contributed by atoms with Crippen LogP contribution in [-0.4, -0.2) is 70.5 Å². The standard InChI is InChI=1S/C27H33N7O2S/c1-35-20-12-13-23(36-2)21(18-20)25(26-29-30-31-34(26)19-8-4-3-5-9-19)32-14-16-33(17-15-32)27-28-22-10-6-7-11-24(22)37-27/h6-7,10-13,18-19,25H,3-5,8-9,14-17H2,1-2H3/t25-/m0/s1. The number of hydrogen-bond acceptors (Lipinski definition) is 9. The summed E-state index contributed by atoms with van der Waals surface area (Å²) in [4.78, 5) is 9.76. The van der Waals surface area contributed by atoms with Crippen LogP contribution < -0.4 is 14.4 Å². The maximum Gasteiger partial charge on any atom is 0.186 e. The molecule has 194 valence electrons. The zero-order valence-electron chi connectivity index (χ0n) is 21.4. The van der Waals surface area contributed by atoms with Crippen LogP contribution in [0.5, 0.6) is 11.5 Å². The third-order valence-corrected chi connectivity index (χ3v) is 8.74. The van der Waals surface area contributed by atoms with E-state index in [0.29, 0.717) is 6.04 Å². The van der Waals surface area contributed by atoms with Crippen molar-refractivity contribution in [3.8, 4) is 11.5 Å². The predicted octanol–water partition coefficient (Wildman–Crippen LogP) is 4.72. The number of methoxy groups -OCH3 is 2. The van der Waals surface area contributed by atoms with E-state index < -0.39 is 0 Å². The summed E-state index contributed by atoms with van der Waals surface area (Å²) >= 11 is 1.76. The van der Waals surface area contributed by atoms with Gasteiger partial charge in [-0.2, -0.15) is 0 Å². The number of thiazole rings is 1. The highest BCUT2D eigenvalue weighted by atomic mass is 32.1. The topological polar surface area (TPSA) is 81.4 Å². The summed E-state index contributed by atoms with van der Waals surface area (Å²) in [6, 6.07) is 14.5. The molecule has 0 radical (unpaired) electrons. The molecule has 1 aliphatic carbocycles. The van der Waals surface area contributed by atoms with E-state index in [4.69, 9.17) is 14.5 Å². The van der Waals surface area contributed by atoms with Crippen LogP contribution >= 0.6 is 11.3 Å². The first-order valence-corrected chi connectivity index (χ1v) is 13.9. The molecule has 3 heterocycles. The van der Waals surface area contributed by atoms with Crippen LogP contribution in [0.1, 0.15) is 55.6 Å². The third-order valence-electron chi connectivity index (χ3n) is 7.65.